The standard InChI is InChI=1S/C6H6N2O3.Mg/c7-5-2-1-4(8(10)11)3-6(5)9;/h1-3,9H,7H2;. The normalized spacial score (nSPS) is 8.67. The summed E-state index contributed by atoms with van der Waals surface area (Å²) in [6, 6.07) is 3.53. The fourth-order valence-corrected chi connectivity index (χ4v) is 0.646. The van der Waals surface area contributed by atoms with Gasteiger partial charge in [-0.1, -0.05) is 0 Å². The van der Waals surface area contributed by atoms with Gasteiger partial charge in [0.15, 0.2) is 0 Å². The van der Waals surface area contributed by atoms with E-state index in [2.05, 4.69) is 0 Å². The molecule has 0 aromatic heterocycles. The van der Waals surface area contributed by atoms with Gasteiger partial charge in [0.2, 0.25) is 0 Å². The second-order valence-corrected chi connectivity index (χ2v) is 2.00. The third-order valence-electron chi connectivity index (χ3n) is 1.22. The molecule has 2 radical (unpaired) electrons. The van der Waals surface area contributed by atoms with Gasteiger partial charge in [-0.3, -0.25) is 10.1 Å². The molecule has 0 spiro atoms. The van der Waals surface area contributed by atoms with Gasteiger partial charge in [-0.05, 0) is 6.07 Å². The molecule has 60 valence electrons. The van der Waals surface area contributed by atoms with Crippen LogP contribution in [0.25, 0.3) is 0 Å². The van der Waals surface area contributed by atoms with Crippen molar-refractivity contribution in [3.05, 3.63) is 28.3 Å². The Balaban J connectivity index is 0.00000121. The van der Waals surface area contributed by atoms with Crippen LogP contribution in [0.5, 0.6) is 5.75 Å². The van der Waals surface area contributed by atoms with Crippen LogP contribution in [0.1, 0.15) is 0 Å². The summed E-state index contributed by atoms with van der Waals surface area (Å²) in [6.07, 6.45) is 0. The summed E-state index contributed by atoms with van der Waals surface area (Å²) >= 11 is 0. The number of phenols is 1. The van der Waals surface area contributed by atoms with Crippen molar-refractivity contribution in [2.75, 3.05) is 5.73 Å². The van der Waals surface area contributed by atoms with Gasteiger partial charge in [0.1, 0.15) is 5.75 Å². The molecule has 0 aliphatic carbocycles. The van der Waals surface area contributed by atoms with Crippen molar-refractivity contribution < 1.29 is 10.0 Å². The molecule has 0 bridgehead atoms. The number of non-ortho nitro benzene ring substituents is 1. The molecule has 0 atom stereocenters. The van der Waals surface area contributed by atoms with Gasteiger partial charge in [0.05, 0.1) is 16.7 Å². The largest absolute Gasteiger partial charge is 0.506 e. The summed E-state index contributed by atoms with van der Waals surface area (Å²) in [5.74, 6) is -0.265. The number of aromatic hydroxyl groups is 1. The Morgan fingerprint density at radius 2 is 2.08 bits per heavy atom. The number of benzene rings is 1. The molecule has 0 amide bonds. The number of nitrogens with zero attached hydrogens (tertiary/aromatic N) is 1. The molecule has 6 heteroatoms. The molecule has 12 heavy (non-hydrogen) atoms. The predicted molar refractivity (Wildman–Crippen MR) is 44.9 cm³/mol. The fraction of sp³-hybridized carbons (Fsp3) is 0. The Morgan fingerprint density at radius 1 is 1.50 bits per heavy atom. The highest BCUT2D eigenvalue weighted by atomic mass is 24.3. The highest BCUT2D eigenvalue weighted by molar-refractivity contribution is 5.75. The van der Waals surface area contributed by atoms with Crippen LogP contribution in [-0.4, -0.2) is 33.1 Å². The Hall–Kier alpha value is -1.01. The summed E-state index contributed by atoms with van der Waals surface area (Å²) in [7, 11) is 0. The van der Waals surface area contributed by atoms with Gasteiger partial charge < -0.3 is 10.8 Å². The molecule has 0 saturated carbocycles. The van der Waals surface area contributed by atoms with Crippen LogP contribution in [0.15, 0.2) is 18.2 Å². The molecular weight excluding hydrogens is 172 g/mol. The Labute approximate surface area is 84.5 Å². The number of hydrogen-bond donors (Lipinski definition) is 2. The zero-order valence-electron chi connectivity index (χ0n) is 6.23. The molecule has 0 heterocycles. The van der Waals surface area contributed by atoms with Crippen molar-refractivity contribution in [1.29, 1.82) is 0 Å². The molecule has 0 aliphatic rings. The topological polar surface area (TPSA) is 89.4 Å². The average molecular weight is 178 g/mol. The maximum absolute atomic E-state index is 10.1. The van der Waals surface area contributed by atoms with Crippen LogP contribution in [0, 0.1) is 10.1 Å². The van der Waals surface area contributed by atoms with E-state index < -0.39 is 4.92 Å². The first kappa shape index (κ1) is 11.0. The van der Waals surface area contributed by atoms with Gasteiger partial charge in [0, 0.05) is 29.1 Å². The van der Waals surface area contributed by atoms with E-state index in [-0.39, 0.29) is 40.2 Å². The predicted octanol–water partition coefficient (Wildman–Crippen LogP) is 0.502. The van der Waals surface area contributed by atoms with E-state index in [1.807, 2.05) is 0 Å². The highest BCUT2D eigenvalue weighted by Gasteiger charge is 2.06. The van der Waals surface area contributed by atoms with Gasteiger partial charge in [0.25, 0.3) is 5.69 Å². The number of nitro benzene ring substituents is 1. The van der Waals surface area contributed by atoms with Crippen LogP contribution in [-0.2, 0) is 0 Å². The van der Waals surface area contributed by atoms with Crippen molar-refractivity contribution in [3.8, 4) is 5.75 Å². The quantitative estimate of drug-likeness (QED) is 0.215. The summed E-state index contributed by atoms with van der Waals surface area (Å²) in [5.41, 5.74) is 5.18. The van der Waals surface area contributed by atoms with Crippen molar-refractivity contribution >= 4 is 34.4 Å². The lowest BCUT2D eigenvalue weighted by Gasteiger charge is -1.95. The number of nitro groups is 1. The van der Waals surface area contributed by atoms with Crippen LogP contribution in [0.4, 0.5) is 11.4 Å². The lowest BCUT2D eigenvalue weighted by molar-refractivity contribution is -0.384. The Kier molecular flexibility index (Phi) is 3.77. The third kappa shape index (κ3) is 2.24. The van der Waals surface area contributed by atoms with Crippen molar-refractivity contribution in [1.82, 2.24) is 0 Å². The van der Waals surface area contributed by atoms with E-state index in [4.69, 9.17) is 10.8 Å². The number of anilines is 1. The molecular formula is C6H6MgN2O3. The first-order chi connectivity index (χ1) is 5.11. The van der Waals surface area contributed by atoms with E-state index in [0.29, 0.717) is 0 Å². The Bertz CT molecular complexity index is 303. The number of nitrogens with two attached hydrogens (primary N) is 1. The lowest BCUT2D eigenvalue weighted by Crippen LogP contribution is -1.89. The summed E-state index contributed by atoms with van der Waals surface area (Å²) < 4.78 is 0. The minimum Gasteiger partial charge on any atom is -0.506 e. The van der Waals surface area contributed by atoms with Gasteiger partial charge in [-0.15, -0.1) is 0 Å². The monoisotopic (exact) mass is 178 g/mol. The number of nitrogen functional groups attached to an aromatic ring is 1. The maximum Gasteiger partial charge on any atom is 0.273 e. The molecule has 5 nitrogen and oxygen atoms in total. The number of phenolic OH excluding ortho intramolecular Hbond substituents is 1. The maximum atomic E-state index is 10.1. The van der Waals surface area contributed by atoms with Gasteiger partial charge in [-0.25, -0.2) is 0 Å². The molecule has 1 rings (SSSR count). The number of hydrogen-bond acceptors (Lipinski definition) is 4. The van der Waals surface area contributed by atoms with E-state index in [1.54, 1.807) is 0 Å². The highest BCUT2D eigenvalue weighted by Crippen LogP contribution is 2.24. The van der Waals surface area contributed by atoms with Gasteiger partial charge in [-0.2, -0.15) is 0 Å². The van der Waals surface area contributed by atoms with Crippen molar-refractivity contribution in [2.45, 2.75) is 0 Å². The fourth-order valence-electron chi connectivity index (χ4n) is 0.646. The average Bonchev–Trinajstić information content (AvgIpc) is 1.94. The van der Waals surface area contributed by atoms with Crippen LogP contribution >= 0.6 is 0 Å². The molecule has 0 unspecified atom stereocenters. The lowest BCUT2D eigenvalue weighted by atomic mass is 10.3. The molecule has 3 N–H and O–H groups in total. The Morgan fingerprint density at radius 3 is 2.50 bits per heavy atom. The first-order valence-corrected chi connectivity index (χ1v) is 2.84. The molecule has 0 fully saturated rings. The zero-order chi connectivity index (χ0) is 8.43. The van der Waals surface area contributed by atoms with E-state index in [9.17, 15) is 10.1 Å². The van der Waals surface area contributed by atoms with E-state index in [0.717, 1.165) is 6.07 Å². The second-order valence-electron chi connectivity index (χ2n) is 2.00. The van der Waals surface area contributed by atoms with Crippen LogP contribution in [0.2, 0.25) is 0 Å². The minimum atomic E-state index is -0.598. The van der Waals surface area contributed by atoms with Gasteiger partial charge >= 0.3 is 0 Å². The SMILES string of the molecule is Nc1ccc([N+](=O)[O-])cc1O.[Mg]. The summed E-state index contributed by atoms with van der Waals surface area (Å²) in [4.78, 5) is 9.52. The molecule has 0 saturated heterocycles. The van der Waals surface area contributed by atoms with Crippen LogP contribution < -0.4 is 5.73 Å². The smallest absolute Gasteiger partial charge is 0.273 e. The van der Waals surface area contributed by atoms with E-state index >= 15 is 0 Å². The second kappa shape index (κ2) is 4.12. The minimum absolute atomic E-state index is 0. The summed E-state index contributed by atoms with van der Waals surface area (Å²) in [6.45, 7) is 0. The first-order valence-electron chi connectivity index (χ1n) is 2.84. The summed E-state index contributed by atoms with van der Waals surface area (Å²) in [5, 5.41) is 19.0. The van der Waals surface area contributed by atoms with Crippen molar-refractivity contribution in [2.24, 2.45) is 0 Å². The third-order valence-corrected chi connectivity index (χ3v) is 1.22. The van der Waals surface area contributed by atoms with Crippen LogP contribution in [0.3, 0.4) is 0 Å². The van der Waals surface area contributed by atoms with Crippen molar-refractivity contribution in [3.63, 3.8) is 0 Å². The molecule has 1 aromatic rings. The molecule has 0 aliphatic heterocycles. The zero-order valence-corrected chi connectivity index (χ0v) is 7.64. The number of rotatable bonds is 1. The molecule has 1 aromatic carbocycles. The van der Waals surface area contributed by atoms with E-state index in [1.165, 1.54) is 12.1 Å².